The van der Waals surface area contributed by atoms with Crippen molar-refractivity contribution in [2.75, 3.05) is 12.4 Å². The highest BCUT2D eigenvalue weighted by Crippen LogP contribution is 2.32. The Kier molecular flexibility index (Phi) is 3.74. The fraction of sp³-hybridized carbons (Fsp3) is 0.286. The molecule has 0 radical (unpaired) electrons. The van der Waals surface area contributed by atoms with Gasteiger partial charge in [0.15, 0.2) is 11.6 Å². The third-order valence-corrected chi connectivity index (χ3v) is 2.89. The van der Waals surface area contributed by atoms with E-state index in [9.17, 15) is 8.78 Å². The molecule has 19 heavy (non-hydrogen) atoms. The van der Waals surface area contributed by atoms with Crippen LogP contribution in [0.1, 0.15) is 25.3 Å². The van der Waals surface area contributed by atoms with Gasteiger partial charge < -0.3 is 5.32 Å². The summed E-state index contributed by atoms with van der Waals surface area (Å²) in [5, 5.41) is 2.99. The Morgan fingerprint density at radius 2 is 1.84 bits per heavy atom. The van der Waals surface area contributed by atoms with Crippen molar-refractivity contribution >= 4 is 5.82 Å². The monoisotopic (exact) mass is 263 g/mol. The molecule has 0 amide bonds. The van der Waals surface area contributed by atoms with Gasteiger partial charge in [0.25, 0.3) is 0 Å². The lowest BCUT2D eigenvalue weighted by Crippen LogP contribution is -2.04. The number of nitrogens with one attached hydrogen (secondary N) is 1. The SMILES string of the molecule is CNc1ncnc(-c2ccc(F)c(F)c2)c1C(C)C. The van der Waals surface area contributed by atoms with Gasteiger partial charge in [0.05, 0.1) is 5.69 Å². The molecule has 3 nitrogen and oxygen atoms in total. The summed E-state index contributed by atoms with van der Waals surface area (Å²) < 4.78 is 26.3. The summed E-state index contributed by atoms with van der Waals surface area (Å²) in [6.45, 7) is 4.01. The van der Waals surface area contributed by atoms with Crippen molar-refractivity contribution in [3.8, 4) is 11.3 Å². The van der Waals surface area contributed by atoms with Crippen LogP contribution in [0.15, 0.2) is 24.5 Å². The first-order valence-corrected chi connectivity index (χ1v) is 6.02. The van der Waals surface area contributed by atoms with Crippen LogP contribution in [0.3, 0.4) is 0 Å². The Balaban J connectivity index is 2.64. The van der Waals surface area contributed by atoms with Gasteiger partial charge in [0, 0.05) is 18.2 Å². The van der Waals surface area contributed by atoms with Crippen LogP contribution in [-0.4, -0.2) is 17.0 Å². The highest BCUT2D eigenvalue weighted by molar-refractivity contribution is 5.69. The van der Waals surface area contributed by atoms with Gasteiger partial charge in [-0.2, -0.15) is 0 Å². The van der Waals surface area contributed by atoms with Gasteiger partial charge in [-0.25, -0.2) is 18.7 Å². The van der Waals surface area contributed by atoms with Crippen LogP contribution in [-0.2, 0) is 0 Å². The molecule has 2 rings (SSSR count). The molecular weight excluding hydrogens is 248 g/mol. The van der Waals surface area contributed by atoms with Gasteiger partial charge >= 0.3 is 0 Å². The summed E-state index contributed by atoms with van der Waals surface area (Å²) in [6, 6.07) is 3.78. The van der Waals surface area contributed by atoms with Crippen molar-refractivity contribution in [1.29, 1.82) is 0 Å². The maximum absolute atomic E-state index is 13.3. The maximum Gasteiger partial charge on any atom is 0.159 e. The molecule has 2 aromatic rings. The minimum atomic E-state index is -0.878. The average Bonchev–Trinajstić information content (AvgIpc) is 2.40. The Morgan fingerprint density at radius 1 is 1.11 bits per heavy atom. The number of anilines is 1. The van der Waals surface area contributed by atoms with Crippen molar-refractivity contribution in [3.63, 3.8) is 0 Å². The van der Waals surface area contributed by atoms with E-state index < -0.39 is 11.6 Å². The lowest BCUT2D eigenvalue weighted by Gasteiger charge is -2.15. The van der Waals surface area contributed by atoms with E-state index in [4.69, 9.17) is 0 Å². The summed E-state index contributed by atoms with van der Waals surface area (Å²) in [7, 11) is 1.77. The van der Waals surface area contributed by atoms with Gasteiger partial charge in [0.1, 0.15) is 12.1 Å². The number of hydrogen-bond donors (Lipinski definition) is 1. The average molecular weight is 263 g/mol. The van der Waals surface area contributed by atoms with E-state index in [1.165, 1.54) is 12.4 Å². The Morgan fingerprint density at radius 3 is 2.42 bits per heavy atom. The highest BCUT2D eigenvalue weighted by Gasteiger charge is 2.16. The van der Waals surface area contributed by atoms with Gasteiger partial charge in [-0.1, -0.05) is 13.8 Å². The Bertz CT molecular complexity index is 597. The van der Waals surface area contributed by atoms with E-state index in [1.807, 2.05) is 13.8 Å². The second kappa shape index (κ2) is 5.30. The molecule has 0 saturated heterocycles. The van der Waals surface area contributed by atoms with Crippen molar-refractivity contribution in [2.45, 2.75) is 19.8 Å². The normalized spacial score (nSPS) is 10.8. The zero-order valence-electron chi connectivity index (χ0n) is 11.0. The first kappa shape index (κ1) is 13.4. The number of hydrogen-bond acceptors (Lipinski definition) is 3. The summed E-state index contributed by atoms with van der Waals surface area (Å²) in [4.78, 5) is 8.36. The Hall–Kier alpha value is -2.04. The molecule has 0 atom stereocenters. The fourth-order valence-electron chi connectivity index (χ4n) is 2.02. The van der Waals surface area contributed by atoms with E-state index in [1.54, 1.807) is 7.05 Å². The van der Waals surface area contributed by atoms with E-state index >= 15 is 0 Å². The predicted molar refractivity (Wildman–Crippen MR) is 71.0 cm³/mol. The zero-order valence-corrected chi connectivity index (χ0v) is 11.0. The molecule has 0 aliphatic carbocycles. The van der Waals surface area contributed by atoms with Crippen molar-refractivity contribution < 1.29 is 8.78 Å². The smallest absolute Gasteiger partial charge is 0.159 e. The maximum atomic E-state index is 13.3. The topological polar surface area (TPSA) is 37.8 Å². The molecule has 0 aliphatic heterocycles. The van der Waals surface area contributed by atoms with E-state index in [2.05, 4.69) is 15.3 Å². The van der Waals surface area contributed by atoms with Gasteiger partial charge in [-0.05, 0) is 24.1 Å². The molecule has 0 unspecified atom stereocenters. The first-order chi connectivity index (χ1) is 9.04. The van der Waals surface area contributed by atoms with Crippen molar-refractivity contribution in [2.24, 2.45) is 0 Å². The van der Waals surface area contributed by atoms with Crippen LogP contribution >= 0.6 is 0 Å². The quantitative estimate of drug-likeness (QED) is 0.919. The standard InChI is InChI=1S/C14H15F2N3/c1-8(2)12-13(18-7-19-14(12)17-3)9-4-5-10(15)11(16)6-9/h4-8H,1-3H3,(H,17,18,19). The van der Waals surface area contributed by atoms with Crippen LogP contribution in [0.4, 0.5) is 14.6 Å². The second-order valence-electron chi connectivity index (χ2n) is 4.52. The third kappa shape index (κ3) is 2.54. The lowest BCUT2D eigenvalue weighted by molar-refractivity contribution is 0.509. The summed E-state index contributed by atoms with van der Waals surface area (Å²) in [6.07, 6.45) is 1.41. The largest absolute Gasteiger partial charge is 0.373 e. The molecule has 0 aliphatic rings. The molecule has 100 valence electrons. The second-order valence-corrected chi connectivity index (χ2v) is 4.52. The minimum Gasteiger partial charge on any atom is -0.373 e. The summed E-state index contributed by atoms with van der Waals surface area (Å²) in [5.74, 6) is -0.883. The molecular formula is C14H15F2N3. The van der Waals surface area contributed by atoms with Crippen LogP contribution in [0.25, 0.3) is 11.3 Å². The zero-order chi connectivity index (χ0) is 14.0. The molecule has 0 fully saturated rings. The Labute approximate surface area is 110 Å². The molecule has 1 aromatic carbocycles. The third-order valence-electron chi connectivity index (χ3n) is 2.89. The fourth-order valence-corrected chi connectivity index (χ4v) is 2.02. The number of rotatable bonds is 3. The molecule has 1 N–H and O–H groups in total. The first-order valence-electron chi connectivity index (χ1n) is 6.02. The number of aromatic nitrogens is 2. The van der Waals surface area contributed by atoms with Crippen LogP contribution in [0.5, 0.6) is 0 Å². The van der Waals surface area contributed by atoms with Crippen LogP contribution in [0.2, 0.25) is 0 Å². The van der Waals surface area contributed by atoms with Crippen molar-refractivity contribution in [1.82, 2.24) is 9.97 Å². The van der Waals surface area contributed by atoms with Crippen LogP contribution < -0.4 is 5.32 Å². The molecule has 5 heteroatoms. The van der Waals surface area contributed by atoms with Gasteiger partial charge in [0.2, 0.25) is 0 Å². The number of halogens is 2. The molecule has 0 bridgehead atoms. The van der Waals surface area contributed by atoms with E-state index in [0.29, 0.717) is 17.1 Å². The van der Waals surface area contributed by atoms with E-state index in [0.717, 1.165) is 17.7 Å². The molecule has 0 saturated carbocycles. The number of nitrogens with zero attached hydrogens (tertiary/aromatic N) is 2. The van der Waals surface area contributed by atoms with Gasteiger partial charge in [-0.3, -0.25) is 0 Å². The lowest BCUT2D eigenvalue weighted by atomic mass is 9.97. The summed E-state index contributed by atoms with van der Waals surface area (Å²) in [5.41, 5.74) is 2.05. The van der Waals surface area contributed by atoms with Gasteiger partial charge in [-0.15, -0.1) is 0 Å². The van der Waals surface area contributed by atoms with E-state index in [-0.39, 0.29) is 5.92 Å². The predicted octanol–water partition coefficient (Wildman–Crippen LogP) is 3.59. The number of benzene rings is 1. The summed E-state index contributed by atoms with van der Waals surface area (Å²) >= 11 is 0. The highest BCUT2D eigenvalue weighted by atomic mass is 19.2. The minimum absolute atomic E-state index is 0.159. The molecule has 1 aromatic heterocycles. The molecule has 0 spiro atoms. The van der Waals surface area contributed by atoms with Crippen LogP contribution in [0, 0.1) is 11.6 Å². The molecule has 1 heterocycles. The van der Waals surface area contributed by atoms with Crippen molar-refractivity contribution in [3.05, 3.63) is 41.7 Å².